The molecule has 21 heavy (non-hydrogen) atoms. The summed E-state index contributed by atoms with van der Waals surface area (Å²) in [4.78, 5) is 22.1. The third-order valence-corrected chi connectivity index (χ3v) is 3.11. The number of carbonyl (C=O) groups excluding carboxylic acids is 1. The van der Waals surface area contributed by atoms with Crippen LogP contribution in [0.5, 0.6) is 5.75 Å². The van der Waals surface area contributed by atoms with Crippen molar-refractivity contribution in [3.63, 3.8) is 0 Å². The van der Waals surface area contributed by atoms with Crippen molar-refractivity contribution >= 4 is 11.9 Å². The first-order chi connectivity index (χ1) is 10.0. The fraction of sp³-hybridized carbons (Fsp3) is 0.500. The van der Waals surface area contributed by atoms with Gasteiger partial charge in [0.2, 0.25) is 0 Å². The molecule has 5 nitrogen and oxygen atoms in total. The molecule has 0 saturated carbocycles. The molecule has 0 saturated heterocycles. The molecule has 2 N–H and O–H groups in total. The Labute approximate surface area is 125 Å². The molecule has 0 bridgehead atoms. The lowest BCUT2D eigenvalue weighted by atomic mass is 10.1. The van der Waals surface area contributed by atoms with E-state index in [0.717, 1.165) is 12.0 Å². The highest BCUT2D eigenvalue weighted by Crippen LogP contribution is 2.13. The Hall–Kier alpha value is -2.04. The third kappa shape index (κ3) is 7.34. The van der Waals surface area contributed by atoms with Gasteiger partial charge in [-0.15, -0.1) is 0 Å². The summed E-state index contributed by atoms with van der Waals surface area (Å²) >= 11 is 0. The van der Waals surface area contributed by atoms with E-state index in [1.807, 2.05) is 31.2 Å². The Balaban J connectivity index is 2.28. The zero-order valence-corrected chi connectivity index (χ0v) is 12.6. The van der Waals surface area contributed by atoms with Gasteiger partial charge in [-0.1, -0.05) is 19.1 Å². The van der Waals surface area contributed by atoms with Gasteiger partial charge >= 0.3 is 5.97 Å². The first-order valence-corrected chi connectivity index (χ1v) is 7.24. The smallest absolute Gasteiger partial charge is 0.303 e. The van der Waals surface area contributed by atoms with Crippen LogP contribution in [0.25, 0.3) is 0 Å². The van der Waals surface area contributed by atoms with E-state index in [-0.39, 0.29) is 25.0 Å². The SMILES string of the molecule is CCc1cccc(OCC(=O)NC(C)CCCC(=O)O)c1. The van der Waals surface area contributed by atoms with E-state index in [1.54, 1.807) is 0 Å². The number of rotatable bonds is 9. The number of hydrogen-bond donors (Lipinski definition) is 2. The molecule has 0 aromatic heterocycles. The Morgan fingerprint density at radius 2 is 2.14 bits per heavy atom. The quantitative estimate of drug-likeness (QED) is 0.733. The van der Waals surface area contributed by atoms with Crippen LogP contribution in [-0.2, 0) is 16.0 Å². The number of carboxylic acids is 1. The predicted molar refractivity (Wildman–Crippen MR) is 80.4 cm³/mol. The monoisotopic (exact) mass is 293 g/mol. The normalized spacial score (nSPS) is 11.7. The lowest BCUT2D eigenvalue weighted by Crippen LogP contribution is -2.36. The number of benzene rings is 1. The van der Waals surface area contributed by atoms with Crippen LogP contribution in [0.1, 0.15) is 38.7 Å². The van der Waals surface area contributed by atoms with Crippen molar-refractivity contribution in [1.82, 2.24) is 5.32 Å². The van der Waals surface area contributed by atoms with Gasteiger partial charge in [0.25, 0.3) is 5.91 Å². The van der Waals surface area contributed by atoms with E-state index in [2.05, 4.69) is 12.2 Å². The molecule has 1 aromatic carbocycles. The number of aliphatic carboxylic acids is 1. The van der Waals surface area contributed by atoms with E-state index >= 15 is 0 Å². The molecular formula is C16H23NO4. The lowest BCUT2D eigenvalue weighted by Gasteiger charge is -2.14. The maximum absolute atomic E-state index is 11.7. The second-order valence-electron chi connectivity index (χ2n) is 5.04. The Morgan fingerprint density at radius 3 is 2.81 bits per heavy atom. The fourth-order valence-corrected chi connectivity index (χ4v) is 1.95. The van der Waals surface area contributed by atoms with Gasteiger partial charge in [0.05, 0.1) is 0 Å². The van der Waals surface area contributed by atoms with E-state index in [9.17, 15) is 9.59 Å². The van der Waals surface area contributed by atoms with Crippen LogP contribution in [0.4, 0.5) is 0 Å². The number of ether oxygens (including phenoxy) is 1. The summed E-state index contributed by atoms with van der Waals surface area (Å²) in [7, 11) is 0. The van der Waals surface area contributed by atoms with Gasteiger partial charge in [-0.05, 0) is 43.9 Å². The second-order valence-corrected chi connectivity index (χ2v) is 5.04. The number of aryl methyl sites for hydroxylation is 1. The fourth-order valence-electron chi connectivity index (χ4n) is 1.95. The number of nitrogens with one attached hydrogen (secondary N) is 1. The molecule has 0 radical (unpaired) electrons. The van der Waals surface area contributed by atoms with Gasteiger partial charge < -0.3 is 15.2 Å². The molecule has 1 aromatic rings. The van der Waals surface area contributed by atoms with Gasteiger partial charge in [0, 0.05) is 12.5 Å². The summed E-state index contributed by atoms with van der Waals surface area (Å²) in [6.45, 7) is 3.89. The molecule has 0 aliphatic carbocycles. The largest absolute Gasteiger partial charge is 0.484 e. The highest BCUT2D eigenvalue weighted by molar-refractivity contribution is 5.77. The summed E-state index contributed by atoms with van der Waals surface area (Å²) in [6.07, 6.45) is 2.24. The van der Waals surface area contributed by atoms with Gasteiger partial charge in [-0.3, -0.25) is 9.59 Å². The van der Waals surface area contributed by atoms with Crippen LogP contribution >= 0.6 is 0 Å². The van der Waals surface area contributed by atoms with Crippen LogP contribution in [0, 0.1) is 0 Å². The maximum atomic E-state index is 11.7. The summed E-state index contributed by atoms with van der Waals surface area (Å²) < 4.78 is 5.45. The topological polar surface area (TPSA) is 75.6 Å². The molecular weight excluding hydrogens is 270 g/mol. The molecule has 1 rings (SSSR count). The van der Waals surface area contributed by atoms with Gasteiger partial charge in [0.15, 0.2) is 6.61 Å². The molecule has 116 valence electrons. The average molecular weight is 293 g/mol. The number of hydrogen-bond acceptors (Lipinski definition) is 3. The molecule has 0 heterocycles. The van der Waals surface area contributed by atoms with E-state index in [0.29, 0.717) is 18.6 Å². The highest BCUT2D eigenvalue weighted by Gasteiger charge is 2.09. The van der Waals surface area contributed by atoms with Crippen molar-refractivity contribution < 1.29 is 19.4 Å². The van der Waals surface area contributed by atoms with Crippen molar-refractivity contribution in [3.8, 4) is 5.75 Å². The van der Waals surface area contributed by atoms with E-state index < -0.39 is 5.97 Å². The zero-order valence-electron chi connectivity index (χ0n) is 12.6. The molecule has 0 fully saturated rings. The molecule has 0 aliphatic rings. The van der Waals surface area contributed by atoms with Crippen LogP contribution < -0.4 is 10.1 Å². The molecule has 1 atom stereocenters. The predicted octanol–water partition coefficient (Wildman–Crippen LogP) is 2.39. The lowest BCUT2D eigenvalue weighted by molar-refractivity contribution is -0.137. The van der Waals surface area contributed by atoms with Crippen LogP contribution in [-0.4, -0.2) is 29.6 Å². The van der Waals surface area contributed by atoms with E-state index in [1.165, 1.54) is 0 Å². The minimum absolute atomic E-state index is 0.0313. The zero-order chi connectivity index (χ0) is 15.7. The van der Waals surface area contributed by atoms with E-state index in [4.69, 9.17) is 9.84 Å². The van der Waals surface area contributed by atoms with Crippen LogP contribution in [0.2, 0.25) is 0 Å². The van der Waals surface area contributed by atoms with Crippen molar-refractivity contribution in [2.45, 2.75) is 45.6 Å². The van der Waals surface area contributed by atoms with Crippen LogP contribution in [0.15, 0.2) is 24.3 Å². The minimum atomic E-state index is -0.812. The highest BCUT2D eigenvalue weighted by atomic mass is 16.5. The Kier molecular flexibility index (Phi) is 7.29. The molecule has 1 unspecified atom stereocenters. The third-order valence-electron chi connectivity index (χ3n) is 3.11. The van der Waals surface area contributed by atoms with Crippen molar-refractivity contribution in [3.05, 3.63) is 29.8 Å². The summed E-state index contributed by atoms with van der Waals surface area (Å²) in [6, 6.07) is 7.60. The minimum Gasteiger partial charge on any atom is -0.484 e. The molecule has 0 aliphatic heterocycles. The van der Waals surface area contributed by atoms with Crippen LogP contribution in [0.3, 0.4) is 0 Å². The Morgan fingerprint density at radius 1 is 1.38 bits per heavy atom. The second kappa shape index (κ2) is 9.00. The Bertz CT molecular complexity index is 473. The number of carboxylic acid groups (broad SMARTS) is 1. The van der Waals surface area contributed by atoms with Gasteiger partial charge in [0.1, 0.15) is 5.75 Å². The number of carbonyl (C=O) groups is 2. The molecule has 1 amide bonds. The molecule has 0 spiro atoms. The summed E-state index contributed by atoms with van der Waals surface area (Å²) in [5, 5.41) is 11.3. The van der Waals surface area contributed by atoms with Gasteiger partial charge in [-0.2, -0.15) is 0 Å². The van der Waals surface area contributed by atoms with Gasteiger partial charge in [-0.25, -0.2) is 0 Å². The molecule has 5 heteroatoms. The summed E-state index contributed by atoms with van der Waals surface area (Å²) in [5.41, 5.74) is 1.16. The van der Waals surface area contributed by atoms with Crippen molar-refractivity contribution in [2.75, 3.05) is 6.61 Å². The van der Waals surface area contributed by atoms with Crippen molar-refractivity contribution in [2.24, 2.45) is 0 Å². The summed E-state index contributed by atoms with van der Waals surface area (Å²) in [5.74, 6) is -0.324. The standard InChI is InChI=1S/C16H23NO4/c1-3-13-7-5-8-14(10-13)21-11-15(18)17-12(2)6-4-9-16(19)20/h5,7-8,10,12H,3-4,6,9,11H2,1-2H3,(H,17,18)(H,19,20). The maximum Gasteiger partial charge on any atom is 0.303 e. The number of amides is 1. The van der Waals surface area contributed by atoms with Crippen molar-refractivity contribution in [1.29, 1.82) is 0 Å². The average Bonchev–Trinajstić information content (AvgIpc) is 2.45. The first-order valence-electron chi connectivity index (χ1n) is 7.24. The first kappa shape index (κ1) is 17.0.